The Kier molecular flexibility index (Phi) is 4.40. The molecule has 2 fully saturated rings. The van der Waals surface area contributed by atoms with Crippen LogP contribution in [0.4, 0.5) is 0 Å². The van der Waals surface area contributed by atoms with Gasteiger partial charge in [0.2, 0.25) is 5.91 Å². The lowest BCUT2D eigenvalue weighted by Gasteiger charge is -2.41. The summed E-state index contributed by atoms with van der Waals surface area (Å²) >= 11 is 0. The van der Waals surface area contributed by atoms with Gasteiger partial charge in [-0.2, -0.15) is 0 Å². The minimum Gasteiger partial charge on any atom is -0.369 e. The van der Waals surface area contributed by atoms with Gasteiger partial charge in [0, 0.05) is 32.2 Å². The summed E-state index contributed by atoms with van der Waals surface area (Å²) in [5.74, 6) is 0.715. The minimum atomic E-state index is -0.204. The lowest BCUT2D eigenvalue weighted by Crippen LogP contribution is -2.52. The third-order valence-corrected chi connectivity index (χ3v) is 4.29. The molecule has 0 aromatic heterocycles. The summed E-state index contributed by atoms with van der Waals surface area (Å²) in [6.45, 7) is 6.99. The molecule has 0 aromatic carbocycles. The first-order chi connectivity index (χ1) is 8.15. The van der Waals surface area contributed by atoms with Gasteiger partial charge in [-0.1, -0.05) is 6.92 Å². The molecule has 0 radical (unpaired) electrons. The summed E-state index contributed by atoms with van der Waals surface area (Å²) in [5.41, 5.74) is 5.22. The van der Waals surface area contributed by atoms with E-state index in [9.17, 15) is 4.79 Å². The fourth-order valence-electron chi connectivity index (χ4n) is 3.11. The van der Waals surface area contributed by atoms with E-state index >= 15 is 0 Å². The highest BCUT2D eigenvalue weighted by Crippen LogP contribution is 2.27. The molecule has 1 saturated heterocycles. The fraction of sp³-hybridized carbons (Fsp3) is 0.923. The van der Waals surface area contributed by atoms with Crippen LogP contribution < -0.4 is 5.73 Å². The van der Waals surface area contributed by atoms with Gasteiger partial charge >= 0.3 is 0 Å². The van der Waals surface area contributed by atoms with E-state index < -0.39 is 0 Å². The SMILES string of the molecule is CC1CCC(N2CCN(CC(N)=O)CC2)CC1. The van der Waals surface area contributed by atoms with Crippen molar-refractivity contribution < 1.29 is 4.79 Å². The van der Waals surface area contributed by atoms with Crippen LogP contribution in [0.15, 0.2) is 0 Å². The van der Waals surface area contributed by atoms with Crippen molar-refractivity contribution >= 4 is 5.91 Å². The van der Waals surface area contributed by atoms with Crippen molar-refractivity contribution in [3.63, 3.8) is 0 Å². The Labute approximate surface area is 104 Å². The van der Waals surface area contributed by atoms with E-state index in [1.54, 1.807) is 0 Å². The summed E-state index contributed by atoms with van der Waals surface area (Å²) < 4.78 is 0. The zero-order chi connectivity index (χ0) is 12.3. The molecule has 1 saturated carbocycles. The molecule has 17 heavy (non-hydrogen) atoms. The summed E-state index contributed by atoms with van der Waals surface area (Å²) in [5, 5.41) is 0. The van der Waals surface area contributed by atoms with Gasteiger partial charge in [0.05, 0.1) is 6.54 Å². The van der Waals surface area contributed by atoms with Crippen molar-refractivity contribution in [1.82, 2.24) is 9.80 Å². The van der Waals surface area contributed by atoms with Crippen molar-refractivity contribution in [3.05, 3.63) is 0 Å². The highest BCUT2D eigenvalue weighted by atomic mass is 16.1. The van der Waals surface area contributed by atoms with Gasteiger partial charge in [0.25, 0.3) is 0 Å². The number of nitrogens with two attached hydrogens (primary N) is 1. The summed E-state index contributed by atoms with van der Waals surface area (Å²) in [6.07, 6.45) is 5.48. The van der Waals surface area contributed by atoms with E-state index in [2.05, 4.69) is 16.7 Å². The Balaban J connectivity index is 1.73. The zero-order valence-corrected chi connectivity index (χ0v) is 10.9. The Morgan fingerprint density at radius 3 is 2.24 bits per heavy atom. The van der Waals surface area contributed by atoms with E-state index in [1.807, 2.05) is 0 Å². The van der Waals surface area contributed by atoms with E-state index in [1.165, 1.54) is 25.7 Å². The molecular formula is C13H25N3O. The number of piperazine rings is 1. The number of hydrogen-bond donors (Lipinski definition) is 1. The largest absolute Gasteiger partial charge is 0.369 e. The molecule has 2 rings (SSSR count). The van der Waals surface area contributed by atoms with Gasteiger partial charge in [-0.3, -0.25) is 14.6 Å². The molecule has 0 aromatic rings. The van der Waals surface area contributed by atoms with Crippen LogP contribution in [0, 0.1) is 5.92 Å². The number of hydrogen-bond acceptors (Lipinski definition) is 3. The van der Waals surface area contributed by atoms with E-state index in [0.717, 1.165) is 38.1 Å². The molecule has 1 aliphatic heterocycles. The Morgan fingerprint density at radius 2 is 1.71 bits per heavy atom. The fourth-order valence-corrected chi connectivity index (χ4v) is 3.11. The number of carbonyl (C=O) groups is 1. The number of nitrogens with zero attached hydrogens (tertiary/aromatic N) is 2. The first-order valence-corrected chi connectivity index (χ1v) is 6.90. The topological polar surface area (TPSA) is 49.6 Å². The van der Waals surface area contributed by atoms with Crippen LogP contribution in [0.5, 0.6) is 0 Å². The van der Waals surface area contributed by atoms with Crippen LogP contribution >= 0.6 is 0 Å². The molecule has 2 aliphatic rings. The molecular weight excluding hydrogens is 214 g/mol. The summed E-state index contributed by atoms with van der Waals surface area (Å²) in [7, 11) is 0. The normalized spacial score (nSPS) is 32.5. The molecule has 1 aliphatic carbocycles. The highest BCUT2D eigenvalue weighted by Gasteiger charge is 2.27. The highest BCUT2D eigenvalue weighted by molar-refractivity contribution is 5.75. The van der Waals surface area contributed by atoms with Crippen LogP contribution in [0.3, 0.4) is 0 Å². The minimum absolute atomic E-state index is 0.204. The molecule has 4 nitrogen and oxygen atoms in total. The van der Waals surface area contributed by atoms with Crippen LogP contribution in [-0.2, 0) is 4.79 Å². The van der Waals surface area contributed by atoms with E-state index in [0.29, 0.717) is 6.54 Å². The van der Waals surface area contributed by atoms with Crippen molar-refractivity contribution in [2.75, 3.05) is 32.7 Å². The first-order valence-electron chi connectivity index (χ1n) is 6.90. The average Bonchev–Trinajstić information content (AvgIpc) is 2.30. The lowest BCUT2D eigenvalue weighted by molar-refractivity contribution is -0.119. The molecule has 1 heterocycles. The van der Waals surface area contributed by atoms with Crippen molar-refractivity contribution in [2.24, 2.45) is 11.7 Å². The quantitative estimate of drug-likeness (QED) is 0.787. The van der Waals surface area contributed by atoms with Crippen LogP contribution in [0.25, 0.3) is 0 Å². The first kappa shape index (κ1) is 12.8. The molecule has 4 heteroatoms. The maximum Gasteiger partial charge on any atom is 0.231 e. The maximum absolute atomic E-state index is 10.9. The van der Waals surface area contributed by atoms with E-state index in [4.69, 9.17) is 5.73 Å². The third-order valence-electron chi connectivity index (χ3n) is 4.29. The van der Waals surface area contributed by atoms with Gasteiger partial charge < -0.3 is 5.73 Å². The molecule has 2 N–H and O–H groups in total. The van der Waals surface area contributed by atoms with Gasteiger partial charge in [-0.15, -0.1) is 0 Å². The second-order valence-corrected chi connectivity index (χ2v) is 5.69. The van der Waals surface area contributed by atoms with Crippen molar-refractivity contribution in [1.29, 1.82) is 0 Å². The monoisotopic (exact) mass is 239 g/mol. The predicted octanol–water partition coefficient (Wildman–Crippen LogP) is 0.668. The Morgan fingerprint density at radius 1 is 1.12 bits per heavy atom. The molecule has 98 valence electrons. The standard InChI is InChI=1S/C13H25N3O/c1-11-2-4-12(5-3-11)16-8-6-15(7-9-16)10-13(14)17/h11-12H,2-10H2,1H3,(H2,14,17). The summed E-state index contributed by atoms with van der Waals surface area (Å²) in [4.78, 5) is 15.6. The van der Waals surface area contributed by atoms with Crippen molar-refractivity contribution in [3.8, 4) is 0 Å². The van der Waals surface area contributed by atoms with Gasteiger partial charge in [-0.05, 0) is 31.6 Å². The molecule has 0 atom stereocenters. The van der Waals surface area contributed by atoms with Crippen LogP contribution in [0.2, 0.25) is 0 Å². The molecule has 0 bridgehead atoms. The van der Waals surface area contributed by atoms with Crippen LogP contribution in [0.1, 0.15) is 32.6 Å². The number of carbonyl (C=O) groups excluding carboxylic acids is 1. The Hall–Kier alpha value is -0.610. The smallest absolute Gasteiger partial charge is 0.231 e. The second kappa shape index (κ2) is 5.83. The summed E-state index contributed by atoms with van der Waals surface area (Å²) in [6, 6.07) is 0.793. The van der Waals surface area contributed by atoms with Gasteiger partial charge in [-0.25, -0.2) is 0 Å². The zero-order valence-electron chi connectivity index (χ0n) is 10.9. The van der Waals surface area contributed by atoms with Crippen LogP contribution in [-0.4, -0.2) is 54.5 Å². The van der Waals surface area contributed by atoms with Crippen molar-refractivity contribution in [2.45, 2.75) is 38.6 Å². The maximum atomic E-state index is 10.9. The lowest BCUT2D eigenvalue weighted by atomic mass is 9.86. The van der Waals surface area contributed by atoms with E-state index in [-0.39, 0.29) is 5.91 Å². The van der Waals surface area contributed by atoms with Gasteiger partial charge in [0.15, 0.2) is 0 Å². The second-order valence-electron chi connectivity index (χ2n) is 5.69. The number of primary amides is 1. The average molecular weight is 239 g/mol. The Bertz CT molecular complexity index is 253. The number of amides is 1. The third kappa shape index (κ3) is 3.68. The molecule has 0 unspecified atom stereocenters. The molecule has 0 spiro atoms. The van der Waals surface area contributed by atoms with Gasteiger partial charge in [0.1, 0.15) is 0 Å². The predicted molar refractivity (Wildman–Crippen MR) is 68.6 cm³/mol. The number of rotatable bonds is 3. The molecule has 1 amide bonds.